The van der Waals surface area contributed by atoms with Gasteiger partial charge in [0, 0.05) is 32.7 Å². The summed E-state index contributed by atoms with van der Waals surface area (Å²) >= 11 is 0. The quantitative estimate of drug-likeness (QED) is 0.805. The highest BCUT2D eigenvalue weighted by Gasteiger charge is 2.09. The molecule has 0 spiro atoms. The summed E-state index contributed by atoms with van der Waals surface area (Å²) in [6.45, 7) is 11.8. The smallest absolute Gasteiger partial charge is 0.120 e. The van der Waals surface area contributed by atoms with Gasteiger partial charge in [0.25, 0.3) is 0 Å². The van der Waals surface area contributed by atoms with Crippen LogP contribution in [0.2, 0.25) is 0 Å². The third kappa shape index (κ3) is 4.17. The van der Waals surface area contributed by atoms with Crippen LogP contribution in [0.3, 0.4) is 0 Å². The Balaban J connectivity index is 1.91. The van der Waals surface area contributed by atoms with Crippen molar-refractivity contribution in [2.75, 3.05) is 32.8 Å². The number of ether oxygens (including phenoxy) is 1. The Morgan fingerprint density at radius 3 is 2.89 bits per heavy atom. The van der Waals surface area contributed by atoms with Gasteiger partial charge in [0.05, 0.1) is 0 Å². The molecule has 1 aliphatic heterocycles. The molecule has 0 aromatic heterocycles. The summed E-state index contributed by atoms with van der Waals surface area (Å²) in [5.74, 6) is 0.936. The Morgan fingerprint density at radius 1 is 1.39 bits per heavy atom. The van der Waals surface area contributed by atoms with E-state index < -0.39 is 0 Å². The summed E-state index contributed by atoms with van der Waals surface area (Å²) in [4.78, 5) is 2.47. The van der Waals surface area contributed by atoms with E-state index in [1.165, 1.54) is 5.56 Å². The Kier molecular flexibility index (Phi) is 4.79. The van der Waals surface area contributed by atoms with Crippen LogP contribution in [0.15, 0.2) is 36.4 Å². The first kappa shape index (κ1) is 13.1. The van der Waals surface area contributed by atoms with E-state index in [1.54, 1.807) is 0 Å². The van der Waals surface area contributed by atoms with E-state index >= 15 is 0 Å². The number of rotatable bonds is 5. The Bertz CT molecular complexity index is 397. The highest BCUT2D eigenvalue weighted by molar-refractivity contribution is 5.28. The zero-order valence-electron chi connectivity index (χ0n) is 11.1. The highest BCUT2D eigenvalue weighted by atomic mass is 16.5. The lowest BCUT2D eigenvalue weighted by Crippen LogP contribution is -2.42. The Hall–Kier alpha value is -1.32. The van der Waals surface area contributed by atoms with Crippen molar-refractivity contribution < 1.29 is 4.74 Å². The lowest BCUT2D eigenvalue weighted by Gasteiger charge is -2.27. The van der Waals surface area contributed by atoms with Crippen molar-refractivity contribution in [2.24, 2.45) is 0 Å². The molecule has 1 aromatic rings. The molecular weight excluding hydrogens is 224 g/mol. The first-order valence-electron chi connectivity index (χ1n) is 6.53. The molecule has 0 bridgehead atoms. The third-order valence-corrected chi connectivity index (χ3v) is 3.00. The van der Waals surface area contributed by atoms with Crippen molar-refractivity contribution in [3.8, 4) is 5.75 Å². The molecule has 1 aliphatic rings. The minimum atomic E-state index is 0.594. The maximum absolute atomic E-state index is 5.67. The number of piperazine rings is 1. The van der Waals surface area contributed by atoms with Crippen LogP contribution in [0.1, 0.15) is 12.5 Å². The summed E-state index contributed by atoms with van der Waals surface area (Å²) in [5.41, 5.74) is 2.36. The summed E-state index contributed by atoms with van der Waals surface area (Å²) in [6, 6.07) is 8.36. The van der Waals surface area contributed by atoms with Gasteiger partial charge in [-0.2, -0.15) is 0 Å². The van der Waals surface area contributed by atoms with Gasteiger partial charge in [-0.1, -0.05) is 18.7 Å². The van der Waals surface area contributed by atoms with Crippen LogP contribution in [0.5, 0.6) is 5.75 Å². The van der Waals surface area contributed by atoms with Crippen LogP contribution < -0.4 is 10.1 Å². The van der Waals surface area contributed by atoms with E-state index in [4.69, 9.17) is 4.74 Å². The molecule has 0 aliphatic carbocycles. The van der Waals surface area contributed by atoms with Crippen LogP contribution in [0.4, 0.5) is 0 Å². The molecule has 18 heavy (non-hydrogen) atoms. The molecular formula is C15H22N2O. The van der Waals surface area contributed by atoms with Gasteiger partial charge in [0.2, 0.25) is 0 Å². The maximum Gasteiger partial charge on any atom is 0.120 e. The third-order valence-electron chi connectivity index (χ3n) is 3.00. The van der Waals surface area contributed by atoms with E-state index in [0.29, 0.717) is 6.61 Å². The van der Waals surface area contributed by atoms with Crippen molar-refractivity contribution in [2.45, 2.75) is 13.5 Å². The molecule has 1 fully saturated rings. The van der Waals surface area contributed by atoms with Gasteiger partial charge >= 0.3 is 0 Å². The van der Waals surface area contributed by atoms with Crippen LogP contribution in [-0.4, -0.2) is 37.7 Å². The molecule has 98 valence electrons. The topological polar surface area (TPSA) is 24.5 Å². The Labute approximate surface area is 109 Å². The maximum atomic E-state index is 5.67. The molecule has 2 rings (SSSR count). The summed E-state index contributed by atoms with van der Waals surface area (Å²) in [6.07, 6.45) is 0. The SMILES string of the molecule is C=C(C)COc1cccc(CN2CCNCC2)c1. The molecule has 1 N–H and O–H groups in total. The van der Waals surface area contributed by atoms with E-state index in [1.807, 2.05) is 13.0 Å². The van der Waals surface area contributed by atoms with Gasteiger partial charge in [-0.15, -0.1) is 0 Å². The predicted octanol–water partition coefficient (Wildman–Crippen LogP) is 2.05. The molecule has 0 saturated carbocycles. The lowest BCUT2D eigenvalue weighted by molar-refractivity contribution is 0.233. The summed E-state index contributed by atoms with van der Waals surface area (Å²) in [5, 5.41) is 3.37. The van der Waals surface area contributed by atoms with Crippen LogP contribution in [-0.2, 0) is 6.54 Å². The standard InChI is InChI=1S/C15H22N2O/c1-13(2)12-18-15-5-3-4-14(10-15)11-17-8-6-16-7-9-17/h3-5,10,16H,1,6-9,11-12H2,2H3. The van der Waals surface area contributed by atoms with E-state index in [-0.39, 0.29) is 0 Å². The molecule has 0 amide bonds. The minimum Gasteiger partial charge on any atom is -0.489 e. The second-order valence-corrected chi connectivity index (χ2v) is 4.92. The van der Waals surface area contributed by atoms with Crippen molar-refractivity contribution >= 4 is 0 Å². The molecule has 3 nitrogen and oxygen atoms in total. The normalized spacial score (nSPS) is 16.5. The number of hydrogen-bond donors (Lipinski definition) is 1. The first-order chi connectivity index (χ1) is 8.74. The molecule has 1 heterocycles. The predicted molar refractivity (Wildman–Crippen MR) is 74.9 cm³/mol. The van der Waals surface area contributed by atoms with Crippen molar-refractivity contribution in [1.29, 1.82) is 0 Å². The van der Waals surface area contributed by atoms with Crippen molar-refractivity contribution in [3.63, 3.8) is 0 Å². The number of hydrogen-bond acceptors (Lipinski definition) is 3. The van der Waals surface area contributed by atoms with E-state index in [0.717, 1.165) is 44.0 Å². The van der Waals surface area contributed by atoms with Crippen LogP contribution in [0, 0.1) is 0 Å². The zero-order chi connectivity index (χ0) is 12.8. The lowest BCUT2D eigenvalue weighted by atomic mass is 10.2. The van der Waals surface area contributed by atoms with Gasteiger partial charge < -0.3 is 10.1 Å². The zero-order valence-corrected chi connectivity index (χ0v) is 11.1. The molecule has 1 aromatic carbocycles. The summed E-state index contributed by atoms with van der Waals surface area (Å²) < 4.78 is 5.67. The van der Waals surface area contributed by atoms with Crippen LogP contribution in [0.25, 0.3) is 0 Å². The highest BCUT2D eigenvalue weighted by Crippen LogP contribution is 2.15. The number of nitrogens with zero attached hydrogens (tertiary/aromatic N) is 1. The largest absolute Gasteiger partial charge is 0.489 e. The fourth-order valence-corrected chi connectivity index (χ4v) is 2.07. The van der Waals surface area contributed by atoms with Gasteiger partial charge in [-0.05, 0) is 30.2 Å². The van der Waals surface area contributed by atoms with Crippen molar-refractivity contribution in [3.05, 3.63) is 42.0 Å². The molecule has 0 atom stereocenters. The average Bonchev–Trinajstić information content (AvgIpc) is 2.38. The minimum absolute atomic E-state index is 0.594. The van der Waals surface area contributed by atoms with Crippen molar-refractivity contribution in [1.82, 2.24) is 10.2 Å². The van der Waals surface area contributed by atoms with Gasteiger partial charge in [-0.25, -0.2) is 0 Å². The second-order valence-electron chi connectivity index (χ2n) is 4.92. The number of nitrogens with one attached hydrogen (secondary N) is 1. The Morgan fingerprint density at radius 2 is 2.17 bits per heavy atom. The fourth-order valence-electron chi connectivity index (χ4n) is 2.07. The van der Waals surface area contributed by atoms with Gasteiger partial charge in [0.1, 0.15) is 12.4 Å². The molecule has 3 heteroatoms. The second kappa shape index (κ2) is 6.57. The fraction of sp³-hybridized carbons (Fsp3) is 0.467. The van der Waals surface area contributed by atoms with Gasteiger partial charge in [0.15, 0.2) is 0 Å². The van der Waals surface area contributed by atoms with E-state index in [9.17, 15) is 0 Å². The number of benzene rings is 1. The summed E-state index contributed by atoms with van der Waals surface area (Å²) in [7, 11) is 0. The molecule has 1 saturated heterocycles. The van der Waals surface area contributed by atoms with Gasteiger partial charge in [-0.3, -0.25) is 4.90 Å². The monoisotopic (exact) mass is 246 g/mol. The van der Waals surface area contributed by atoms with Crippen LogP contribution >= 0.6 is 0 Å². The van der Waals surface area contributed by atoms with E-state index in [2.05, 4.69) is 35.0 Å². The first-order valence-corrected chi connectivity index (χ1v) is 6.53. The average molecular weight is 246 g/mol. The molecule has 0 radical (unpaired) electrons. The molecule has 0 unspecified atom stereocenters.